The van der Waals surface area contributed by atoms with Crippen molar-refractivity contribution in [1.82, 2.24) is 0 Å². The number of benzene rings is 2. The van der Waals surface area contributed by atoms with Gasteiger partial charge in [0.25, 0.3) is 0 Å². The minimum atomic E-state index is -0.890. The molecule has 0 spiro atoms. The molecule has 0 bridgehead atoms. The molecule has 35 heavy (non-hydrogen) atoms. The predicted molar refractivity (Wildman–Crippen MR) is 124 cm³/mol. The number of fused-ring (bicyclic) bond motifs is 1. The van der Waals surface area contributed by atoms with E-state index in [1.165, 1.54) is 19.2 Å². The molecule has 0 saturated heterocycles. The molecule has 2 aromatic carbocycles. The Balaban J connectivity index is 1.29. The van der Waals surface area contributed by atoms with Crippen molar-refractivity contribution in [3.05, 3.63) is 47.5 Å². The van der Waals surface area contributed by atoms with Gasteiger partial charge in [0.05, 0.1) is 66.0 Å². The number of carbonyl (C=O) groups is 1. The summed E-state index contributed by atoms with van der Waals surface area (Å²) >= 11 is 0. The third kappa shape index (κ3) is 8.29. The minimum absolute atomic E-state index is 0.241. The van der Waals surface area contributed by atoms with Crippen molar-refractivity contribution < 1.29 is 47.4 Å². The van der Waals surface area contributed by atoms with E-state index in [0.717, 1.165) is 11.3 Å². The van der Waals surface area contributed by atoms with Gasteiger partial charge in [-0.05, 0) is 36.8 Å². The Morgan fingerprint density at radius 3 is 2.23 bits per heavy atom. The van der Waals surface area contributed by atoms with Crippen LogP contribution in [-0.2, 0) is 30.3 Å². The van der Waals surface area contributed by atoms with Crippen molar-refractivity contribution in [3.8, 4) is 23.0 Å². The van der Waals surface area contributed by atoms with E-state index in [9.17, 15) is 4.79 Å². The molecule has 0 radical (unpaired) electrons. The van der Waals surface area contributed by atoms with Gasteiger partial charge in [-0.25, -0.2) is 4.79 Å². The maximum atomic E-state index is 12.0. The van der Waals surface area contributed by atoms with Crippen LogP contribution in [0.2, 0.25) is 0 Å². The van der Waals surface area contributed by atoms with Gasteiger partial charge in [-0.1, -0.05) is 12.1 Å². The molecule has 0 saturated carbocycles. The number of carbonyl (C=O) groups excluding carboxylic acids is 1. The SMILES string of the molecule is CCOC1Oc2cc(C(=O)OC)cc(OCCOCCOCCOCc3ccc(OC)cc3)c2O1. The molecule has 0 aromatic heterocycles. The highest BCUT2D eigenvalue weighted by atomic mass is 16.9. The van der Waals surface area contributed by atoms with Crippen molar-refractivity contribution in [2.45, 2.75) is 20.0 Å². The monoisotopic (exact) mass is 492 g/mol. The Morgan fingerprint density at radius 1 is 0.886 bits per heavy atom. The number of hydrogen-bond donors (Lipinski definition) is 0. The van der Waals surface area contributed by atoms with Crippen LogP contribution in [0.4, 0.5) is 0 Å². The van der Waals surface area contributed by atoms with Gasteiger partial charge in [-0.2, -0.15) is 0 Å². The van der Waals surface area contributed by atoms with Gasteiger partial charge in [-0.15, -0.1) is 0 Å². The molecule has 0 N–H and O–H groups in total. The molecule has 1 unspecified atom stereocenters. The van der Waals surface area contributed by atoms with E-state index in [-0.39, 0.29) is 12.2 Å². The molecule has 1 aliphatic heterocycles. The largest absolute Gasteiger partial charge is 0.497 e. The molecule has 0 aliphatic carbocycles. The minimum Gasteiger partial charge on any atom is -0.497 e. The van der Waals surface area contributed by atoms with E-state index < -0.39 is 12.4 Å². The van der Waals surface area contributed by atoms with Gasteiger partial charge in [0, 0.05) is 0 Å². The van der Waals surface area contributed by atoms with E-state index in [0.29, 0.717) is 63.5 Å². The molecule has 1 atom stereocenters. The van der Waals surface area contributed by atoms with Gasteiger partial charge in [0.1, 0.15) is 12.4 Å². The fourth-order valence-corrected chi connectivity index (χ4v) is 3.11. The summed E-state index contributed by atoms with van der Waals surface area (Å²) in [5.74, 6) is 1.37. The van der Waals surface area contributed by atoms with Crippen LogP contribution in [0.5, 0.6) is 23.0 Å². The lowest BCUT2D eigenvalue weighted by atomic mass is 10.2. The summed E-state index contributed by atoms with van der Waals surface area (Å²) in [5.41, 5.74) is 1.35. The molecule has 0 fully saturated rings. The van der Waals surface area contributed by atoms with Crippen molar-refractivity contribution in [3.63, 3.8) is 0 Å². The molecule has 3 rings (SSSR count). The van der Waals surface area contributed by atoms with Gasteiger partial charge in [0.15, 0.2) is 11.5 Å². The van der Waals surface area contributed by atoms with Gasteiger partial charge >= 0.3 is 12.4 Å². The maximum absolute atomic E-state index is 12.0. The molecule has 192 valence electrons. The highest BCUT2D eigenvalue weighted by Gasteiger charge is 2.30. The van der Waals surface area contributed by atoms with Crippen LogP contribution in [-0.4, -0.2) is 72.9 Å². The first kappa shape index (κ1) is 26.6. The Kier molecular flexibility index (Phi) is 10.9. The van der Waals surface area contributed by atoms with E-state index in [1.54, 1.807) is 7.11 Å². The Labute approximate surface area is 204 Å². The average molecular weight is 493 g/mol. The summed E-state index contributed by atoms with van der Waals surface area (Å²) in [6.45, 7) is 4.23. The zero-order chi connectivity index (χ0) is 24.9. The number of hydrogen-bond acceptors (Lipinski definition) is 10. The highest BCUT2D eigenvalue weighted by molar-refractivity contribution is 5.91. The van der Waals surface area contributed by atoms with Gasteiger partial charge in [0.2, 0.25) is 5.75 Å². The van der Waals surface area contributed by atoms with E-state index in [2.05, 4.69) is 0 Å². The first-order chi connectivity index (χ1) is 17.1. The van der Waals surface area contributed by atoms with E-state index in [1.807, 2.05) is 31.2 Å². The first-order valence-electron chi connectivity index (χ1n) is 11.3. The lowest BCUT2D eigenvalue weighted by Crippen LogP contribution is -2.21. The second-order valence-corrected chi connectivity index (χ2v) is 7.25. The summed E-state index contributed by atoms with van der Waals surface area (Å²) in [6, 6.07) is 10.8. The van der Waals surface area contributed by atoms with Crippen LogP contribution < -0.4 is 18.9 Å². The molecule has 1 aliphatic rings. The second-order valence-electron chi connectivity index (χ2n) is 7.25. The topological polar surface area (TPSA) is 100 Å². The van der Waals surface area contributed by atoms with Crippen LogP contribution in [0, 0.1) is 0 Å². The van der Waals surface area contributed by atoms with Crippen LogP contribution in [0.15, 0.2) is 36.4 Å². The first-order valence-corrected chi connectivity index (χ1v) is 11.3. The molecule has 0 amide bonds. The summed E-state index contributed by atoms with van der Waals surface area (Å²) < 4.78 is 48.8. The summed E-state index contributed by atoms with van der Waals surface area (Å²) in [7, 11) is 2.94. The standard InChI is InChI=1S/C25H32O10/c1-4-32-25-34-22-16-19(24(26)28-3)15-21(23(22)35-25)33-14-13-30-10-9-29-11-12-31-17-18-5-7-20(27-2)8-6-18/h5-8,15-16,25H,4,9-14,17H2,1-3H3. The van der Waals surface area contributed by atoms with Crippen LogP contribution in [0.3, 0.4) is 0 Å². The normalized spacial score (nSPS) is 14.1. The molecule has 10 nitrogen and oxygen atoms in total. The molecular weight excluding hydrogens is 460 g/mol. The van der Waals surface area contributed by atoms with Crippen molar-refractivity contribution >= 4 is 5.97 Å². The zero-order valence-electron chi connectivity index (χ0n) is 20.3. The zero-order valence-corrected chi connectivity index (χ0v) is 20.3. The fourth-order valence-electron chi connectivity index (χ4n) is 3.11. The quantitative estimate of drug-likeness (QED) is 0.257. The van der Waals surface area contributed by atoms with Crippen LogP contribution in [0.25, 0.3) is 0 Å². The Bertz CT molecular complexity index is 915. The third-order valence-electron chi connectivity index (χ3n) is 4.84. The van der Waals surface area contributed by atoms with Gasteiger partial charge in [-0.3, -0.25) is 0 Å². The van der Waals surface area contributed by atoms with Crippen LogP contribution >= 0.6 is 0 Å². The summed E-state index contributed by atoms with van der Waals surface area (Å²) in [6.07, 6.45) is 0. The van der Waals surface area contributed by atoms with Gasteiger partial charge < -0.3 is 42.6 Å². The van der Waals surface area contributed by atoms with Crippen molar-refractivity contribution in [2.75, 3.05) is 60.5 Å². The lowest BCUT2D eigenvalue weighted by molar-refractivity contribution is -0.173. The molecular formula is C25H32O10. The Morgan fingerprint density at radius 2 is 1.57 bits per heavy atom. The number of rotatable bonds is 16. The number of methoxy groups -OCH3 is 2. The summed E-state index contributed by atoms with van der Waals surface area (Å²) in [5, 5.41) is 0. The fraction of sp³-hybridized carbons (Fsp3) is 0.480. The summed E-state index contributed by atoms with van der Waals surface area (Å²) in [4.78, 5) is 12.0. The van der Waals surface area contributed by atoms with E-state index >= 15 is 0 Å². The lowest BCUT2D eigenvalue weighted by Gasteiger charge is -2.11. The second kappa shape index (κ2) is 14.4. The molecule has 2 aromatic rings. The average Bonchev–Trinajstić information content (AvgIpc) is 3.30. The highest BCUT2D eigenvalue weighted by Crippen LogP contribution is 2.44. The van der Waals surface area contributed by atoms with Crippen molar-refractivity contribution in [1.29, 1.82) is 0 Å². The van der Waals surface area contributed by atoms with E-state index in [4.69, 9.17) is 42.6 Å². The Hall–Kier alpha value is -3.05. The number of ether oxygens (including phenoxy) is 9. The predicted octanol–water partition coefficient (Wildman–Crippen LogP) is 3.20. The maximum Gasteiger partial charge on any atom is 0.361 e. The molecule has 1 heterocycles. The van der Waals surface area contributed by atoms with Crippen molar-refractivity contribution in [2.24, 2.45) is 0 Å². The smallest absolute Gasteiger partial charge is 0.361 e. The third-order valence-corrected chi connectivity index (χ3v) is 4.84. The number of esters is 1. The van der Waals surface area contributed by atoms with Crippen LogP contribution in [0.1, 0.15) is 22.8 Å². The molecule has 10 heteroatoms.